The minimum absolute atomic E-state index is 0.0512. The van der Waals surface area contributed by atoms with E-state index in [2.05, 4.69) is 41.1 Å². The second-order valence-corrected chi connectivity index (χ2v) is 8.27. The summed E-state index contributed by atoms with van der Waals surface area (Å²) in [5.41, 5.74) is 3.19. The van der Waals surface area contributed by atoms with Crippen LogP contribution < -0.4 is 4.90 Å². The number of furan rings is 1. The van der Waals surface area contributed by atoms with Crippen LogP contribution in [-0.4, -0.2) is 33.3 Å². The summed E-state index contributed by atoms with van der Waals surface area (Å²) in [6, 6.07) is 11.9. The Balaban J connectivity index is 1.50. The molecule has 7 heteroatoms. The van der Waals surface area contributed by atoms with Crippen LogP contribution in [0, 0.1) is 0 Å². The molecule has 3 heterocycles. The molecule has 28 heavy (non-hydrogen) atoms. The third kappa shape index (κ3) is 3.05. The first-order chi connectivity index (χ1) is 13.4. The molecule has 4 rings (SSSR count). The molecule has 1 aromatic carbocycles. The van der Waals surface area contributed by atoms with Gasteiger partial charge in [-0.05, 0) is 23.8 Å². The molecule has 0 bridgehead atoms. The van der Waals surface area contributed by atoms with E-state index in [9.17, 15) is 4.79 Å². The fraction of sp³-hybridized carbons (Fsp3) is 0.286. The molecule has 0 atom stereocenters. The molecule has 0 unspecified atom stereocenters. The molecule has 6 nitrogen and oxygen atoms in total. The summed E-state index contributed by atoms with van der Waals surface area (Å²) in [4.78, 5) is 14.8. The maximum Gasteiger partial charge on any atom is 0.200 e. The Morgan fingerprint density at radius 1 is 1.18 bits per heavy atom. The van der Waals surface area contributed by atoms with Gasteiger partial charge >= 0.3 is 0 Å². The van der Waals surface area contributed by atoms with E-state index >= 15 is 0 Å². The topological polar surface area (TPSA) is 64.2 Å². The summed E-state index contributed by atoms with van der Waals surface area (Å²) in [6.45, 7) is 4.31. The van der Waals surface area contributed by atoms with E-state index < -0.39 is 0 Å². The van der Waals surface area contributed by atoms with E-state index in [1.165, 1.54) is 17.3 Å². The van der Waals surface area contributed by atoms with Gasteiger partial charge in [0.25, 0.3) is 0 Å². The average Bonchev–Trinajstić information content (AvgIpc) is 3.37. The average molecular weight is 395 g/mol. The van der Waals surface area contributed by atoms with Crippen molar-refractivity contribution in [2.45, 2.75) is 24.4 Å². The summed E-state index contributed by atoms with van der Waals surface area (Å²) >= 11 is 1.38. The highest BCUT2D eigenvalue weighted by molar-refractivity contribution is 7.99. The molecule has 144 valence electrons. The number of carbonyl (C=O) groups is 1. The molecule has 2 aromatic heterocycles. The molecular formula is C21H22N4O2S. The Hall–Kier alpha value is -2.80. The number of ketones is 1. The van der Waals surface area contributed by atoms with Crippen LogP contribution in [0.15, 0.2) is 64.0 Å². The summed E-state index contributed by atoms with van der Waals surface area (Å²) in [6.07, 6.45) is 3.36. The van der Waals surface area contributed by atoms with Gasteiger partial charge in [0.1, 0.15) is 0 Å². The fourth-order valence-electron chi connectivity index (χ4n) is 3.65. The van der Waals surface area contributed by atoms with Gasteiger partial charge in [-0.1, -0.05) is 43.8 Å². The summed E-state index contributed by atoms with van der Waals surface area (Å²) in [5, 5.41) is 9.03. The molecule has 1 aliphatic rings. The number of allylic oxidation sites excluding steroid dienone is 2. The second kappa shape index (κ2) is 6.98. The zero-order chi connectivity index (χ0) is 19.9. The van der Waals surface area contributed by atoms with Crippen LogP contribution in [0.25, 0.3) is 11.6 Å². The van der Waals surface area contributed by atoms with E-state index in [-0.39, 0.29) is 11.2 Å². The summed E-state index contributed by atoms with van der Waals surface area (Å²) in [5.74, 6) is 1.65. The van der Waals surface area contributed by atoms with Crippen molar-refractivity contribution in [3.8, 4) is 11.6 Å². The molecule has 0 amide bonds. The van der Waals surface area contributed by atoms with E-state index in [0.29, 0.717) is 22.5 Å². The number of anilines is 1. The molecule has 0 saturated heterocycles. The number of benzene rings is 1. The molecule has 0 spiro atoms. The normalized spacial score (nSPS) is 16.6. The quantitative estimate of drug-likeness (QED) is 0.481. The van der Waals surface area contributed by atoms with Crippen LogP contribution >= 0.6 is 11.8 Å². The van der Waals surface area contributed by atoms with E-state index in [0.717, 1.165) is 11.4 Å². The van der Waals surface area contributed by atoms with Gasteiger partial charge in [-0.3, -0.25) is 4.79 Å². The monoisotopic (exact) mass is 394 g/mol. The van der Waals surface area contributed by atoms with Gasteiger partial charge in [-0.25, -0.2) is 0 Å². The van der Waals surface area contributed by atoms with Crippen molar-refractivity contribution in [2.75, 3.05) is 17.7 Å². The predicted octanol–water partition coefficient (Wildman–Crippen LogP) is 4.05. The second-order valence-electron chi connectivity index (χ2n) is 7.33. The zero-order valence-corrected chi connectivity index (χ0v) is 17.2. The van der Waals surface area contributed by atoms with Crippen molar-refractivity contribution in [1.29, 1.82) is 0 Å². The van der Waals surface area contributed by atoms with Gasteiger partial charge in [-0.15, -0.1) is 10.2 Å². The number of likely N-dealkylation sites (N-methyl/N-ethyl adjacent to an activating group) is 1. The number of hydrogen-bond acceptors (Lipinski definition) is 6. The first kappa shape index (κ1) is 18.6. The van der Waals surface area contributed by atoms with Gasteiger partial charge in [0.2, 0.25) is 0 Å². The van der Waals surface area contributed by atoms with Crippen LogP contribution in [0.3, 0.4) is 0 Å². The fourth-order valence-corrected chi connectivity index (χ4v) is 4.38. The van der Waals surface area contributed by atoms with E-state index in [4.69, 9.17) is 4.42 Å². The highest BCUT2D eigenvalue weighted by atomic mass is 32.2. The van der Waals surface area contributed by atoms with Crippen LogP contribution in [-0.2, 0) is 17.3 Å². The molecule has 0 aliphatic carbocycles. The molecule has 0 N–H and O–H groups in total. The van der Waals surface area contributed by atoms with Gasteiger partial charge < -0.3 is 13.9 Å². The number of hydrogen-bond donors (Lipinski definition) is 0. The van der Waals surface area contributed by atoms with Gasteiger partial charge in [-0.2, -0.15) is 0 Å². The van der Waals surface area contributed by atoms with Crippen molar-refractivity contribution < 1.29 is 9.21 Å². The number of para-hydroxylation sites is 1. The SMILES string of the molecule is CN1/C(=C\C(=O)CSc2nnc(-c3ccco3)n2C)C(C)(C)c2ccccc21. The first-order valence-electron chi connectivity index (χ1n) is 9.04. The molecule has 0 radical (unpaired) electrons. The maximum atomic E-state index is 12.7. The number of aromatic nitrogens is 3. The lowest BCUT2D eigenvalue weighted by atomic mass is 9.83. The van der Waals surface area contributed by atoms with Crippen LogP contribution in [0.1, 0.15) is 19.4 Å². The largest absolute Gasteiger partial charge is 0.461 e. The number of fused-ring (bicyclic) bond motifs is 1. The van der Waals surface area contributed by atoms with E-state index in [1.54, 1.807) is 12.3 Å². The smallest absolute Gasteiger partial charge is 0.200 e. The summed E-state index contributed by atoms with van der Waals surface area (Å²) < 4.78 is 7.22. The number of carbonyl (C=O) groups excluding carboxylic acids is 1. The van der Waals surface area contributed by atoms with Crippen LogP contribution in [0.5, 0.6) is 0 Å². The molecular weight excluding hydrogens is 372 g/mol. The Morgan fingerprint density at radius 3 is 2.68 bits per heavy atom. The lowest BCUT2D eigenvalue weighted by molar-refractivity contribution is -0.112. The van der Waals surface area contributed by atoms with Gasteiger partial charge in [0, 0.05) is 37.0 Å². The van der Waals surface area contributed by atoms with Crippen molar-refractivity contribution in [2.24, 2.45) is 7.05 Å². The van der Waals surface area contributed by atoms with Gasteiger partial charge in [0.15, 0.2) is 22.5 Å². The third-order valence-electron chi connectivity index (χ3n) is 5.16. The molecule has 0 saturated carbocycles. The Bertz CT molecular complexity index is 1050. The standard InChI is InChI=1S/C21H22N4O2S/c1-21(2)15-8-5-6-9-16(15)24(3)18(21)12-14(26)13-28-20-23-22-19(25(20)4)17-10-7-11-27-17/h5-12H,13H2,1-4H3/b18-12-. The minimum atomic E-state index is -0.205. The van der Waals surface area contributed by atoms with Crippen molar-refractivity contribution in [3.63, 3.8) is 0 Å². The first-order valence-corrected chi connectivity index (χ1v) is 10.0. The highest BCUT2D eigenvalue weighted by Gasteiger charge is 2.38. The number of thioether (sulfide) groups is 1. The third-order valence-corrected chi connectivity index (χ3v) is 6.20. The van der Waals surface area contributed by atoms with Crippen LogP contribution in [0.2, 0.25) is 0 Å². The Morgan fingerprint density at radius 2 is 1.96 bits per heavy atom. The highest BCUT2D eigenvalue weighted by Crippen LogP contribution is 2.46. The molecule has 1 aliphatic heterocycles. The number of rotatable bonds is 5. The maximum absolute atomic E-state index is 12.7. The van der Waals surface area contributed by atoms with Crippen LogP contribution in [0.4, 0.5) is 5.69 Å². The van der Waals surface area contributed by atoms with Gasteiger partial charge in [0.05, 0.1) is 12.0 Å². The number of nitrogens with zero attached hydrogens (tertiary/aromatic N) is 4. The lowest BCUT2D eigenvalue weighted by Crippen LogP contribution is -2.24. The lowest BCUT2D eigenvalue weighted by Gasteiger charge is -2.23. The Kier molecular flexibility index (Phi) is 4.63. The zero-order valence-electron chi connectivity index (χ0n) is 16.3. The summed E-state index contributed by atoms with van der Waals surface area (Å²) in [7, 11) is 3.88. The minimum Gasteiger partial charge on any atom is -0.461 e. The van der Waals surface area contributed by atoms with Crippen molar-refractivity contribution in [1.82, 2.24) is 14.8 Å². The van der Waals surface area contributed by atoms with Crippen molar-refractivity contribution >= 4 is 23.2 Å². The predicted molar refractivity (Wildman–Crippen MR) is 110 cm³/mol. The van der Waals surface area contributed by atoms with E-state index in [1.807, 2.05) is 42.9 Å². The molecule has 0 fully saturated rings. The van der Waals surface area contributed by atoms with Crippen molar-refractivity contribution in [3.05, 3.63) is 60.0 Å². The molecule has 3 aromatic rings. The Labute approximate surface area is 168 Å².